The van der Waals surface area contributed by atoms with Gasteiger partial charge in [0, 0.05) is 11.3 Å². The third-order valence-corrected chi connectivity index (χ3v) is 2.50. The minimum absolute atomic E-state index is 0.0718. The smallest absolute Gasteiger partial charge is 0.161 e. The highest BCUT2D eigenvalue weighted by molar-refractivity contribution is 6.30. The zero-order valence-corrected chi connectivity index (χ0v) is 9.85. The maximum atomic E-state index is 13.2. The van der Waals surface area contributed by atoms with Crippen LogP contribution in [0.5, 0.6) is 0 Å². The van der Waals surface area contributed by atoms with Gasteiger partial charge in [-0.1, -0.05) is 23.2 Å². The molecule has 1 aromatic carbocycles. The third kappa shape index (κ3) is 2.31. The summed E-state index contributed by atoms with van der Waals surface area (Å²) in [4.78, 5) is 8.19. The molecule has 16 heavy (non-hydrogen) atoms. The van der Waals surface area contributed by atoms with E-state index in [1.165, 1.54) is 12.1 Å². The van der Waals surface area contributed by atoms with E-state index in [1.807, 2.05) is 0 Å². The second-order valence-electron chi connectivity index (χ2n) is 3.28. The van der Waals surface area contributed by atoms with Crippen molar-refractivity contribution in [3.8, 4) is 11.4 Å². The van der Waals surface area contributed by atoms with Crippen molar-refractivity contribution in [2.45, 2.75) is 6.92 Å². The van der Waals surface area contributed by atoms with E-state index in [4.69, 9.17) is 23.2 Å². The Hall–Kier alpha value is -1.19. The summed E-state index contributed by atoms with van der Waals surface area (Å²) in [5, 5.41) is 0.403. The minimum Gasteiger partial charge on any atom is -0.233 e. The lowest BCUT2D eigenvalue weighted by Crippen LogP contribution is -1.92. The number of halogens is 3. The Balaban J connectivity index is 2.54. The molecule has 0 fully saturated rings. The molecular formula is C11H7Cl2FN2. The maximum absolute atomic E-state index is 13.2. The molecule has 0 aliphatic heterocycles. The highest BCUT2D eigenvalue weighted by Gasteiger charge is 2.07. The molecule has 5 heteroatoms. The number of hydrogen-bond acceptors (Lipinski definition) is 2. The van der Waals surface area contributed by atoms with Crippen LogP contribution in [0.4, 0.5) is 4.39 Å². The number of nitrogens with zero attached hydrogens (tertiary/aromatic N) is 2. The number of aromatic nitrogens is 2. The molecule has 0 radical (unpaired) electrons. The lowest BCUT2D eigenvalue weighted by Gasteiger charge is -2.03. The van der Waals surface area contributed by atoms with Crippen LogP contribution in [0, 0.1) is 12.7 Å². The first-order valence-corrected chi connectivity index (χ1v) is 5.28. The van der Waals surface area contributed by atoms with Crippen molar-refractivity contribution in [3.63, 3.8) is 0 Å². The minimum atomic E-state index is -0.500. The van der Waals surface area contributed by atoms with Gasteiger partial charge in [0.1, 0.15) is 11.0 Å². The highest BCUT2D eigenvalue weighted by Crippen LogP contribution is 2.22. The van der Waals surface area contributed by atoms with E-state index < -0.39 is 5.82 Å². The van der Waals surface area contributed by atoms with Gasteiger partial charge in [-0.25, -0.2) is 14.4 Å². The van der Waals surface area contributed by atoms with Gasteiger partial charge in [-0.3, -0.25) is 0 Å². The van der Waals surface area contributed by atoms with Gasteiger partial charge in [0.15, 0.2) is 5.82 Å². The third-order valence-electron chi connectivity index (χ3n) is 2.00. The maximum Gasteiger partial charge on any atom is 0.161 e. The lowest BCUT2D eigenvalue weighted by atomic mass is 10.2. The molecule has 0 amide bonds. The molecule has 0 aliphatic carbocycles. The monoisotopic (exact) mass is 256 g/mol. The molecule has 82 valence electrons. The quantitative estimate of drug-likeness (QED) is 0.724. The summed E-state index contributed by atoms with van der Waals surface area (Å²) in [6.45, 7) is 1.79. The second kappa shape index (κ2) is 4.36. The Bertz CT molecular complexity index is 523. The SMILES string of the molecule is Cc1cc(Cl)nc(-c2ccc(Cl)c(F)c2)n1. The highest BCUT2D eigenvalue weighted by atomic mass is 35.5. The van der Waals surface area contributed by atoms with Crippen molar-refractivity contribution in [2.75, 3.05) is 0 Å². The van der Waals surface area contributed by atoms with Gasteiger partial charge in [0.2, 0.25) is 0 Å². The number of benzene rings is 1. The molecule has 0 unspecified atom stereocenters. The molecule has 1 aromatic heterocycles. The second-order valence-corrected chi connectivity index (χ2v) is 4.08. The summed E-state index contributed by atoms with van der Waals surface area (Å²) >= 11 is 11.4. The largest absolute Gasteiger partial charge is 0.233 e. The van der Waals surface area contributed by atoms with E-state index in [-0.39, 0.29) is 5.02 Å². The fourth-order valence-corrected chi connectivity index (χ4v) is 1.65. The van der Waals surface area contributed by atoms with Gasteiger partial charge in [0.25, 0.3) is 0 Å². The average Bonchev–Trinajstić information content (AvgIpc) is 2.20. The first-order valence-electron chi connectivity index (χ1n) is 4.53. The molecule has 2 nitrogen and oxygen atoms in total. The normalized spacial score (nSPS) is 10.5. The van der Waals surface area contributed by atoms with Crippen molar-refractivity contribution in [2.24, 2.45) is 0 Å². The van der Waals surface area contributed by atoms with Gasteiger partial charge in [-0.15, -0.1) is 0 Å². The predicted octanol–water partition coefficient (Wildman–Crippen LogP) is 3.90. The van der Waals surface area contributed by atoms with E-state index in [9.17, 15) is 4.39 Å². The van der Waals surface area contributed by atoms with Crippen LogP contribution in [0.2, 0.25) is 10.2 Å². The zero-order chi connectivity index (χ0) is 11.7. The fourth-order valence-electron chi connectivity index (χ4n) is 1.29. The van der Waals surface area contributed by atoms with Crippen LogP contribution in [-0.2, 0) is 0 Å². The van der Waals surface area contributed by atoms with E-state index >= 15 is 0 Å². The zero-order valence-electron chi connectivity index (χ0n) is 8.34. The summed E-state index contributed by atoms with van der Waals surface area (Å²) in [5.74, 6) is -0.110. The first kappa shape index (κ1) is 11.3. The topological polar surface area (TPSA) is 25.8 Å². The van der Waals surface area contributed by atoms with Crippen molar-refractivity contribution in [1.29, 1.82) is 0 Å². The molecule has 1 heterocycles. The Labute approximate surface area is 102 Å². The van der Waals surface area contributed by atoms with Crippen molar-refractivity contribution in [3.05, 3.63) is 46.0 Å². The van der Waals surface area contributed by atoms with Gasteiger partial charge in [-0.05, 0) is 31.2 Å². The van der Waals surface area contributed by atoms with Gasteiger partial charge in [-0.2, -0.15) is 0 Å². The Kier molecular flexibility index (Phi) is 3.08. The van der Waals surface area contributed by atoms with Crippen molar-refractivity contribution < 1.29 is 4.39 Å². The van der Waals surface area contributed by atoms with Crippen LogP contribution in [-0.4, -0.2) is 9.97 Å². The molecular weight excluding hydrogens is 250 g/mol. The van der Waals surface area contributed by atoms with Crippen LogP contribution in [0.25, 0.3) is 11.4 Å². The van der Waals surface area contributed by atoms with E-state index in [0.717, 1.165) is 5.69 Å². The fraction of sp³-hybridized carbons (Fsp3) is 0.0909. The Morgan fingerprint density at radius 2 is 1.88 bits per heavy atom. The molecule has 0 saturated heterocycles. The number of aryl methyl sites for hydroxylation is 1. The summed E-state index contributed by atoms with van der Waals surface area (Å²) in [7, 11) is 0. The van der Waals surface area contributed by atoms with Crippen molar-refractivity contribution >= 4 is 23.2 Å². The van der Waals surface area contributed by atoms with Crippen LogP contribution >= 0.6 is 23.2 Å². The summed E-state index contributed by atoms with van der Waals surface area (Å²) in [6, 6.07) is 6.03. The Morgan fingerprint density at radius 1 is 1.12 bits per heavy atom. The summed E-state index contributed by atoms with van der Waals surface area (Å²) < 4.78 is 13.2. The van der Waals surface area contributed by atoms with Crippen LogP contribution in [0.1, 0.15) is 5.69 Å². The van der Waals surface area contributed by atoms with Crippen molar-refractivity contribution in [1.82, 2.24) is 9.97 Å². The lowest BCUT2D eigenvalue weighted by molar-refractivity contribution is 0.628. The van der Waals surface area contributed by atoms with Gasteiger partial charge in [0.05, 0.1) is 5.02 Å². The molecule has 2 rings (SSSR count). The predicted molar refractivity (Wildman–Crippen MR) is 62.2 cm³/mol. The average molecular weight is 257 g/mol. The van der Waals surface area contributed by atoms with E-state index in [1.54, 1.807) is 19.1 Å². The van der Waals surface area contributed by atoms with Gasteiger partial charge < -0.3 is 0 Å². The molecule has 0 bridgehead atoms. The van der Waals surface area contributed by atoms with E-state index in [2.05, 4.69) is 9.97 Å². The molecule has 2 aromatic rings. The Morgan fingerprint density at radius 3 is 2.50 bits per heavy atom. The molecule has 0 saturated carbocycles. The van der Waals surface area contributed by atoms with Crippen LogP contribution in [0.15, 0.2) is 24.3 Å². The number of rotatable bonds is 1. The van der Waals surface area contributed by atoms with E-state index in [0.29, 0.717) is 16.5 Å². The summed E-state index contributed by atoms with van der Waals surface area (Å²) in [6.07, 6.45) is 0. The molecule has 0 spiro atoms. The van der Waals surface area contributed by atoms with Crippen LogP contribution < -0.4 is 0 Å². The number of hydrogen-bond donors (Lipinski definition) is 0. The molecule has 0 N–H and O–H groups in total. The van der Waals surface area contributed by atoms with Gasteiger partial charge >= 0.3 is 0 Å². The molecule has 0 aliphatic rings. The van der Waals surface area contributed by atoms with Crippen LogP contribution in [0.3, 0.4) is 0 Å². The molecule has 0 atom stereocenters. The standard InChI is InChI=1S/C11H7Cl2FN2/c1-6-4-10(13)16-11(15-6)7-2-3-8(12)9(14)5-7/h2-5H,1H3. The first-order chi connectivity index (χ1) is 7.56. The summed E-state index contributed by atoms with van der Waals surface area (Å²) in [5.41, 5.74) is 1.28.